The fourth-order valence-corrected chi connectivity index (χ4v) is 0.0609. The second kappa shape index (κ2) is 3.27. The van der Waals surface area contributed by atoms with Gasteiger partial charge in [0, 0.05) is 0 Å². The molecule has 0 aromatic carbocycles. The first-order valence-corrected chi connectivity index (χ1v) is 1.16. The maximum absolute atomic E-state index is 4.58. The van der Waals surface area contributed by atoms with Crippen LogP contribution in [0.3, 0.4) is 0 Å². The van der Waals surface area contributed by atoms with Gasteiger partial charge >= 0.3 is 0 Å². The Morgan fingerprint density at radius 3 is 2.60 bits per heavy atom. The number of nitrogens with zero attached hydrogens (tertiary/aromatic N) is 1. The highest BCUT2D eigenvalue weighted by Gasteiger charge is 1.47. The Labute approximate surface area is 30.4 Å². The van der Waals surface area contributed by atoms with Gasteiger partial charge in [-0.15, -0.1) is 0 Å². The van der Waals surface area contributed by atoms with Gasteiger partial charge in [0.1, 0.15) is 0 Å². The van der Waals surface area contributed by atoms with Gasteiger partial charge in [0.05, 0.1) is 7.11 Å². The van der Waals surface area contributed by atoms with Crippen LogP contribution in [0.1, 0.15) is 0 Å². The molecule has 5 heavy (non-hydrogen) atoms. The molecule has 0 spiro atoms. The van der Waals surface area contributed by atoms with Crippen LogP contribution in [0.4, 0.5) is 0 Å². The van der Waals surface area contributed by atoms with Gasteiger partial charge in [-0.2, -0.15) is 5.10 Å². The molecule has 2 N–H and O–H groups in total. The maximum Gasteiger partial charge on any atom is 0.191 e. The first kappa shape index (κ1) is 4.27. The standard InChI is InChI=1S/C2H6N2O/c1-5-2-4-3/h2H,3H2,1H3/b4-2+. The second-order valence-electron chi connectivity index (χ2n) is 0.490. The van der Waals surface area contributed by atoms with Crippen molar-refractivity contribution in [3.63, 3.8) is 0 Å². The average molecular weight is 74.1 g/mol. The highest BCUT2D eigenvalue weighted by atomic mass is 16.5. The predicted molar refractivity (Wildman–Crippen MR) is 19.7 cm³/mol. The number of methoxy groups -OCH3 is 1. The Kier molecular flexibility index (Phi) is 2.79. The van der Waals surface area contributed by atoms with Gasteiger partial charge in [-0.1, -0.05) is 0 Å². The highest BCUT2D eigenvalue weighted by Crippen LogP contribution is 1.44. The van der Waals surface area contributed by atoms with E-state index in [0.717, 1.165) is 6.40 Å². The van der Waals surface area contributed by atoms with Gasteiger partial charge in [0.2, 0.25) is 0 Å². The smallest absolute Gasteiger partial charge is 0.191 e. The van der Waals surface area contributed by atoms with Gasteiger partial charge in [-0.05, 0) is 0 Å². The molecule has 0 saturated carbocycles. The lowest BCUT2D eigenvalue weighted by Gasteiger charge is -1.75. The summed E-state index contributed by atoms with van der Waals surface area (Å²) in [5, 5.41) is 3.01. The van der Waals surface area contributed by atoms with E-state index in [4.69, 9.17) is 0 Å². The normalized spacial score (nSPS) is 9.00. The molecule has 0 amide bonds. The van der Waals surface area contributed by atoms with E-state index in [-0.39, 0.29) is 0 Å². The molecule has 0 bridgehead atoms. The summed E-state index contributed by atoms with van der Waals surface area (Å²) in [7, 11) is 1.48. The molecule has 3 nitrogen and oxygen atoms in total. The Morgan fingerprint density at radius 2 is 2.60 bits per heavy atom. The number of hydrazone groups is 1. The average Bonchev–Trinajstić information content (AvgIpc) is 1.41. The van der Waals surface area contributed by atoms with Crippen LogP contribution in [0.25, 0.3) is 0 Å². The molecular formula is C2H6N2O. The molecule has 0 aromatic rings. The molecule has 0 aliphatic carbocycles. The van der Waals surface area contributed by atoms with Crippen LogP contribution in [0, 0.1) is 0 Å². The Bertz CT molecular complexity index is 34.6. The molecular weight excluding hydrogens is 68.0 g/mol. The molecule has 0 rings (SSSR count). The zero-order valence-electron chi connectivity index (χ0n) is 3.01. The minimum Gasteiger partial charge on any atom is -0.485 e. The minimum atomic E-state index is 1.15. The zero-order valence-corrected chi connectivity index (χ0v) is 3.01. The van der Waals surface area contributed by atoms with E-state index < -0.39 is 0 Å². The molecule has 3 heteroatoms. The van der Waals surface area contributed by atoms with Crippen LogP contribution >= 0.6 is 0 Å². The summed E-state index contributed by atoms with van der Waals surface area (Å²) >= 11 is 0. The third-order valence-corrected chi connectivity index (χ3v) is 0.166. The van der Waals surface area contributed by atoms with Crippen molar-refractivity contribution in [2.24, 2.45) is 10.9 Å². The van der Waals surface area contributed by atoms with E-state index in [2.05, 4.69) is 15.7 Å². The van der Waals surface area contributed by atoms with E-state index in [1.165, 1.54) is 7.11 Å². The molecule has 0 aromatic heterocycles. The quantitative estimate of drug-likeness (QED) is 0.198. The number of hydrogen-bond acceptors (Lipinski definition) is 3. The van der Waals surface area contributed by atoms with E-state index in [0.29, 0.717) is 0 Å². The van der Waals surface area contributed by atoms with Crippen molar-refractivity contribution in [2.75, 3.05) is 7.11 Å². The largest absolute Gasteiger partial charge is 0.485 e. The fourth-order valence-electron chi connectivity index (χ4n) is 0.0609. The molecule has 0 radical (unpaired) electrons. The van der Waals surface area contributed by atoms with Crippen LogP contribution in [-0.4, -0.2) is 13.5 Å². The summed E-state index contributed by atoms with van der Waals surface area (Å²) in [6.07, 6.45) is 1.15. The van der Waals surface area contributed by atoms with Gasteiger partial charge < -0.3 is 10.6 Å². The summed E-state index contributed by atoms with van der Waals surface area (Å²) in [6, 6.07) is 0. The van der Waals surface area contributed by atoms with Crippen LogP contribution < -0.4 is 5.84 Å². The lowest BCUT2D eigenvalue weighted by molar-refractivity contribution is 0.421. The second-order valence-corrected chi connectivity index (χ2v) is 0.490. The van der Waals surface area contributed by atoms with Gasteiger partial charge in [-0.25, -0.2) is 0 Å². The van der Waals surface area contributed by atoms with Crippen molar-refractivity contribution in [1.82, 2.24) is 0 Å². The summed E-state index contributed by atoms with van der Waals surface area (Å²) in [5.74, 6) is 4.58. The lowest BCUT2D eigenvalue weighted by Crippen LogP contribution is -1.82. The summed E-state index contributed by atoms with van der Waals surface area (Å²) < 4.78 is 4.27. The van der Waals surface area contributed by atoms with Crippen LogP contribution in [-0.2, 0) is 4.74 Å². The molecule has 0 atom stereocenters. The molecule has 0 saturated heterocycles. The molecule has 0 fully saturated rings. The SMILES string of the molecule is CO/C=N/N. The predicted octanol–water partition coefficient (Wildman–Crippen LogP) is -0.465. The van der Waals surface area contributed by atoms with Crippen molar-refractivity contribution < 1.29 is 4.74 Å². The molecule has 0 aliphatic rings. The lowest BCUT2D eigenvalue weighted by atomic mass is 11.4. The number of nitrogens with two attached hydrogens (primary N) is 1. The van der Waals surface area contributed by atoms with Crippen LogP contribution in [0.15, 0.2) is 5.10 Å². The van der Waals surface area contributed by atoms with Gasteiger partial charge in [-0.3, -0.25) is 0 Å². The van der Waals surface area contributed by atoms with Crippen LogP contribution in [0.2, 0.25) is 0 Å². The van der Waals surface area contributed by atoms with E-state index in [9.17, 15) is 0 Å². The fraction of sp³-hybridized carbons (Fsp3) is 0.500. The van der Waals surface area contributed by atoms with Crippen molar-refractivity contribution in [3.05, 3.63) is 0 Å². The van der Waals surface area contributed by atoms with E-state index in [1.54, 1.807) is 0 Å². The Morgan fingerprint density at radius 1 is 2.00 bits per heavy atom. The van der Waals surface area contributed by atoms with Gasteiger partial charge in [0.25, 0.3) is 0 Å². The van der Waals surface area contributed by atoms with E-state index >= 15 is 0 Å². The molecule has 0 aliphatic heterocycles. The summed E-state index contributed by atoms with van der Waals surface area (Å²) in [6.45, 7) is 0. The third kappa shape index (κ3) is 3.27. The summed E-state index contributed by atoms with van der Waals surface area (Å²) in [4.78, 5) is 0. The first-order chi connectivity index (χ1) is 2.41. The van der Waals surface area contributed by atoms with Crippen molar-refractivity contribution in [3.8, 4) is 0 Å². The van der Waals surface area contributed by atoms with Crippen LogP contribution in [0.5, 0.6) is 0 Å². The number of hydrogen-bond donors (Lipinski definition) is 1. The van der Waals surface area contributed by atoms with Crippen molar-refractivity contribution >= 4 is 6.40 Å². The number of rotatable bonds is 1. The monoisotopic (exact) mass is 74.0 g/mol. The number of ether oxygens (including phenoxy) is 1. The van der Waals surface area contributed by atoms with Crippen molar-refractivity contribution in [1.29, 1.82) is 0 Å². The van der Waals surface area contributed by atoms with E-state index in [1.807, 2.05) is 0 Å². The molecule has 30 valence electrons. The Hall–Kier alpha value is -0.730. The third-order valence-electron chi connectivity index (χ3n) is 0.166. The topological polar surface area (TPSA) is 47.6 Å². The summed E-state index contributed by atoms with van der Waals surface area (Å²) in [5.41, 5.74) is 0. The maximum atomic E-state index is 4.58. The minimum absolute atomic E-state index is 1.15. The highest BCUT2D eigenvalue weighted by molar-refractivity contribution is 5.44. The Balaban J connectivity index is 2.62. The van der Waals surface area contributed by atoms with Crippen molar-refractivity contribution in [2.45, 2.75) is 0 Å². The first-order valence-electron chi connectivity index (χ1n) is 1.16. The van der Waals surface area contributed by atoms with Gasteiger partial charge in [0.15, 0.2) is 6.40 Å². The zero-order chi connectivity index (χ0) is 4.12. The molecule has 0 unspecified atom stereocenters. The molecule has 0 heterocycles.